The molecule has 0 aliphatic rings. The van der Waals surface area contributed by atoms with Gasteiger partial charge in [-0.3, -0.25) is 4.79 Å². The standard InChI is InChI=1S/C11H18N4O2/c1-4-15(2)10(16)7-13-11-8(12)5-6-9(14-11)17-3/h5-6H,4,7,12H2,1-3H3,(H,13,14). The number of rotatable bonds is 5. The summed E-state index contributed by atoms with van der Waals surface area (Å²) in [6, 6.07) is 3.35. The molecule has 0 aromatic carbocycles. The summed E-state index contributed by atoms with van der Waals surface area (Å²) < 4.78 is 4.98. The highest BCUT2D eigenvalue weighted by Gasteiger charge is 2.08. The van der Waals surface area contributed by atoms with Gasteiger partial charge in [-0.1, -0.05) is 0 Å². The Morgan fingerprint density at radius 3 is 2.88 bits per heavy atom. The second-order valence-electron chi connectivity index (χ2n) is 3.55. The molecule has 0 saturated heterocycles. The lowest BCUT2D eigenvalue weighted by atomic mass is 10.4. The number of pyridine rings is 1. The van der Waals surface area contributed by atoms with Gasteiger partial charge in [0.1, 0.15) is 0 Å². The zero-order valence-electron chi connectivity index (χ0n) is 10.4. The molecule has 1 aromatic heterocycles. The van der Waals surface area contributed by atoms with Gasteiger partial charge in [0, 0.05) is 19.7 Å². The Bertz CT molecular complexity index is 395. The molecule has 0 aliphatic heterocycles. The summed E-state index contributed by atoms with van der Waals surface area (Å²) in [4.78, 5) is 17.3. The van der Waals surface area contributed by atoms with E-state index < -0.39 is 0 Å². The van der Waals surface area contributed by atoms with E-state index >= 15 is 0 Å². The van der Waals surface area contributed by atoms with Crippen molar-refractivity contribution >= 4 is 17.4 Å². The van der Waals surface area contributed by atoms with Crippen LogP contribution in [-0.2, 0) is 4.79 Å². The van der Waals surface area contributed by atoms with Crippen molar-refractivity contribution in [1.29, 1.82) is 0 Å². The molecule has 0 unspecified atom stereocenters. The number of methoxy groups -OCH3 is 1. The van der Waals surface area contributed by atoms with Gasteiger partial charge in [0.2, 0.25) is 11.8 Å². The number of likely N-dealkylation sites (N-methyl/N-ethyl adjacent to an activating group) is 1. The number of ether oxygens (including phenoxy) is 1. The van der Waals surface area contributed by atoms with Crippen molar-refractivity contribution in [2.24, 2.45) is 0 Å². The number of carbonyl (C=O) groups excluding carboxylic acids is 1. The molecular weight excluding hydrogens is 220 g/mol. The summed E-state index contributed by atoms with van der Waals surface area (Å²) in [5.74, 6) is 0.900. The molecular formula is C11H18N4O2. The smallest absolute Gasteiger partial charge is 0.241 e. The lowest BCUT2D eigenvalue weighted by Gasteiger charge is -2.15. The SMILES string of the molecule is CCN(C)C(=O)CNc1nc(OC)ccc1N. The van der Waals surface area contributed by atoms with Crippen LogP contribution < -0.4 is 15.8 Å². The van der Waals surface area contributed by atoms with Crippen LogP contribution >= 0.6 is 0 Å². The molecule has 0 bridgehead atoms. The Morgan fingerprint density at radius 1 is 1.59 bits per heavy atom. The number of anilines is 2. The molecule has 1 rings (SSSR count). The number of nitrogens with zero attached hydrogens (tertiary/aromatic N) is 2. The quantitative estimate of drug-likeness (QED) is 0.783. The molecule has 6 nitrogen and oxygen atoms in total. The van der Waals surface area contributed by atoms with E-state index in [0.29, 0.717) is 23.9 Å². The highest BCUT2D eigenvalue weighted by atomic mass is 16.5. The van der Waals surface area contributed by atoms with Crippen molar-refractivity contribution in [2.75, 3.05) is 38.3 Å². The van der Waals surface area contributed by atoms with Crippen molar-refractivity contribution < 1.29 is 9.53 Å². The first-order valence-corrected chi connectivity index (χ1v) is 5.36. The number of hydrogen-bond donors (Lipinski definition) is 2. The zero-order valence-corrected chi connectivity index (χ0v) is 10.4. The van der Waals surface area contributed by atoms with E-state index in [4.69, 9.17) is 10.5 Å². The Balaban J connectivity index is 2.65. The number of nitrogen functional groups attached to an aromatic ring is 1. The summed E-state index contributed by atoms with van der Waals surface area (Å²) in [6.45, 7) is 2.74. The van der Waals surface area contributed by atoms with Gasteiger partial charge in [0.15, 0.2) is 5.82 Å². The number of amides is 1. The number of hydrogen-bond acceptors (Lipinski definition) is 5. The first-order chi connectivity index (χ1) is 8.08. The van der Waals surface area contributed by atoms with Crippen molar-refractivity contribution in [3.05, 3.63) is 12.1 Å². The predicted octanol–water partition coefficient (Wildman–Crippen LogP) is 0.563. The van der Waals surface area contributed by atoms with Crippen LogP contribution in [0.25, 0.3) is 0 Å². The lowest BCUT2D eigenvalue weighted by molar-refractivity contribution is -0.127. The second kappa shape index (κ2) is 5.93. The van der Waals surface area contributed by atoms with Crippen LogP contribution in [-0.4, -0.2) is 43.0 Å². The average molecular weight is 238 g/mol. The van der Waals surface area contributed by atoms with Crippen molar-refractivity contribution in [2.45, 2.75) is 6.92 Å². The zero-order chi connectivity index (χ0) is 12.8. The highest BCUT2D eigenvalue weighted by Crippen LogP contribution is 2.19. The van der Waals surface area contributed by atoms with Gasteiger partial charge < -0.3 is 20.7 Å². The Morgan fingerprint density at radius 2 is 2.29 bits per heavy atom. The number of nitrogens with two attached hydrogens (primary N) is 1. The van der Waals surface area contributed by atoms with Crippen molar-refractivity contribution in [3.8, 4) is 5.88 Å². The van der Waals surface area contributed by atoms with E-state index in [1.165, 1.54) is 7.11 Å². The van der Waals surface area contributed by atoms with Crippen LogP contribution in [0.2, 0.25) is 0 Å². The molecule has 94 valence electrons. The largest absolute Gasteiger partial charge is 0.481 e. The number of carbonyl (C=O) groups is 1. The van der Waals surface area contributed by atoms with Crippen molar-refractivity contribution in [1.82, 2.24) is 9.88 Å². The van der Waals surface area contributed by atoms with E-state index in [1.807, 2.05) is 6.92 Å². The fraction of sp³-hybridized carbons (Fsp3) is 0.455. The predicted molar refractivity (Wildman–Crippen MR) is 67.0 cm³/mol. The van der Waals surface area contributed by atoms with Crippen LogP contribution in [0.3, 0.4) is 0 Å². The Labute approximate surface area is 101 Å². The third kappa shape index (κ3) is 3.51. The van der Waals surface area contributed by atoms with E-state index in [9.17, 15) is 4.79 Å². The van der Waals surface area contributed by atoms with E-state index in [1.54, 1.807) is 24.1 Å². The van der Waals surface area contributed by atoms with E-state index in [0.717, 1.165) is 0 Å². The maximum absolute atomic E-state index is 11.6. The molecule has 6 heteroatoms. The normalized spacial score (nSPS) is 9.82. The minimum Gasteiger partial charge on any atom is -0.481 e. The maximum Gasteiger partial charge on any atom is 0.241 e. The molecule has 0 aliphatic carbocycles. The van der Waals surface area contributed by atoms with Gasteiger partial charge in [0.25, 0.3) is 0 Å². The van der Waals surface area contributed by atoms with Crippen molar-refractivity contribution in [3.63, 3.8) is 0 Å². The first kappa shape index (κ1) is 13.1. The van der Waals surface area contributed by atoms with Gasteiger partial charge >= 0.3 is 0 Å². The number of nitrogens with one attached hydrogen (secondary N) is 1. The third-order valence-electron chi connectivity index (χ3n) is 2.42. The molecule has 0 atom stereocenters. The van der Waals surface area contributed by atoms with Crippen LogP contribution in [0.15, 0.2) is 12.1 Å². The Kier molecular flexibility index (Phi) is 4.56. The lowest BCUT2D eigenvalue weighted by Crippen LogP contribution is -2.32. The Hall–Kier alpha value is -1.98. The topological polar surface area (TPSA) is 80.5 Å². The molecule has 17 heavy (non-hydrogen) atoms. The van der Waals surface area contributed by atoms with Crippen LogP contribution in [0.4, 0.5) is 11.5 Å². The molecule has 0 saturated carbocycles. The molecule has 3 N–H and O–H groups in total. The summed E-state index contributed by atoms with van der Waals surface area (Å²) in [7, 11) is 3.27. The summed E-state index contributed by atoms with van der Waals surface area (Å²) in [5, 5.41) is 2.90. The fourth-order valence-electron chi connectivity index (χ4n) is 1.18. The molecule has 1 heterocycles. The average Bonchev–Trinajstić information content (AvgIpc) is 2.36. The van der Waals surface area contributed by atoms with Gasteiger partial charge in [-0.15, -0.1) is 0 Å². The maximum atomic E-state index is 11.6. The van der Waals surface area contributed by atoms with Gasteiger partial charge in [-0.2, -0.15) is 4.98 Å². The fourth-order valence-corrected chi connectivity index (χ4v) is 1.18. The van der Waals surface area contributed by atoms with Crippen LogP contribution in [0.5, 0.6) is 5.88 Å². The van der Waals surface area contributed by atoms with E-state index in [-0.39, 0.29) is 12.5 Å². The molecule has 0 radical (unpaired) electrons. The monoisotopic (exact) mass is 238 g/mol. The molecule has 0 fully saturated rings. The first-order valence-electron chi connectivity index (χ1n) is 5.36. The summed E-state index contributed by atoms with van der Waals surface area (Å²) >= 11 is 0. The van der Waals surface area contributed by atoms with Gasteiger partial charge in [0.05, 0.1) is 19.3 Å². The minimum atomic E-state index is -0.0171. The number of aromatic nitrogens is 1. The second-order valence-corrected chi connectivity index (χ2v) is 3.55. The molecule has 1 amide bonds. The summed E-state index contributed by atoms with van der Waals surface area (Å²) in [5.41, 5.74) is 6.22. The minimum absolute atomic E-state index is 0.0171. The highest BCUT2D eigenvalue weighted by molar-refractivity contribution is 5.81. The van der Waals surface area contributed by atoms with Gasteiger partial charge in [-0.25, -0.2) is 0 Å². The third-order valence-corrected chi connectivity index (χ3v) is 2.42. The van der Waals surface area contributed by atoms with Crippen LogP contribution in [0, 0.1) is 0 Å². The molecule has 0 spiro atoms. The molecule has 1 aromatic rings. The van der Waals surface area contributed by atoms with Gasteiger partial charge in [-0.05, 0) is 13.0 Å². The van der Waals surface area contributed by atoms with Crippen LogP contribution in [0.1, 0.15) is 6.92 Å². The summed E-state index contributed by atoms with van der Waals surface area (Å²) in [6.07, 6.45) is 0. The van der Waals surface area contributed by atoms with E-state index in [2.05, 4.69) is 10.3 Å².